The number of benzene rings is 3. The highest BCUT2D eigenvalue weighted by molar-refractivity contribution is 7.92. The molecule has 0 saturated carbocycles. The van der Waals surface area contributed by atoms with Crippen molar-refractivity contribution in [2.45, 2.75) is 58.1 Å². The fourth-order valence-corrected chi connectivity index (χ4v) is 5.85. The Kier molecular flexibility index (Phi) is 10.0. The minimum Gasteiger partial charge on any atom is -0.352 e. The van der Waals surface area contributed by atoms with Gasteiger partial charge in [-0.2, -0.15) is 0 Å². The lowest BCUT2D eigenvalue weighted by atomic mass is 10.1. The topological polar surface area (TPSA) is 86.8 Å². The second kappa shape index (κ2) is 12.9. The van der Waals surface area contributed by atoms with Gasteiger partial charge in [-0.15, -0.1) is 0 Å². The SMILES string of the molecule is Cc1ccc(N(CC(=O)N(Cc2ccc(Cl)cc2Cl)[C@@H](C)C(=O)NC(C)C)S(=O)(=O)c2ccccc2)cc1C. The Bertz CT molecular complexity index is 1450. The first-order valence-electron chi connectivity index (χ1n) is 12.5. The molecule has 2 amide bonds. The minimum absolute atomic E-state index is 0.0202. The van der Waals surface area contributed by atoms with Crippen molar-refractivity contribution >= 4 is 50.7 Å². The number of hydrogen-bond acceptors (Lipinski definition) is 4. The average Bonchev–Trinajstić information content (AvgIpc) is 2.88. The number of nitrogens with zero attached hydrogens (tertiary/aromatic N) is 2. The molecule has 0 fully saturated rings. The van der Waals surface area contributed by atoms with Crippen LogP contribution in [-0.4, -0.2) is 43.8 Å². The standard InChI is InChI=1S/C29H33Cl2N3O4S/c1-19(2)32-29(36)22(5)33(17-23-12-13-24(30)16-27(23)31)28(35)18-34(25-14-11-20(3)21(4)15-25)39(37,38)26-9-7-6-8-10-26/h6-16,19,22H,17-18H2,1-5H3,(H,32,36)/t22-/m0/s1. The smallest absolute Gasteiger partial charge is 0.264 e. The molecule has 0 saturated heterocycles. The van der Waals surface area contributed by atoms with Gasteiger partial charge in [-0.3, -0.25) is 13.9 Å². The normalized spacial score (nSPS) is 12.2. The van der Waals surface area contributed by atoms with Gasteiger partial charge in [0.15, 0.2) is 0 Å². The number of aryl methyl sites for hydroxylation is 2. The molecular formula is C29H33Cl2N3O4S. The van der Waals surface area contributed by atoms with Crippen molar-refractivity contribution in [2.75, 3.05) is 10.8 Å². The fourth-order valence-electron chi connectivity index (χ4n) is 3.95. The van der Waals surface area contributed by atoms with Crippen LogP contribution < -0.4 is 9.62 Å². The Morgan fingerprint density at radius 3 is 2.15 bits per heavy atom. The van der Waals surface area contributed by atoms with Gasteiger partial charge in [0.25, 0.3) is 10.0 Å². The maximum Gasteiger partial charge on any atom is 0.264 e. The molecule has 0 aromatic heterocycles. The number of halogens is 2. The monoisotopic (exact) mass is 589 g/mol. The Morgan fingerprint density at radius 1 is 0.897 bits per heavy atom. The van der Waals surface area contributed by atoms with Crippen LogP contribution in [0.5, 0.6) is 0 Å². The number of rotatable bonds is 10. The molecular weight excluding hydrogens is 557 g/mol. The predicted molar refractivity (Wildman–Crippen MR) is 157 cm³/mol. The van der Waals surface area contributed by atoms with Crippen molar-refractivity contribution < 1.29 is 18.0 Å². The van der Waals surface area contributed by atoms with Gasteiger partial charge < -0.3 is 10.2 Å². The largest absolute Gasteiger partial charge is 0.352 e. The first-order valence-corrected chi connectivity index (χ1v) is 14.7. The summed E-state index contributed by atoms with van der Waals surface area (Å²) >= 11 is 12.5. The Hall–Kier alpha value is -3.07. The van der Waals surface area contributed by atoms with Crippen LogP contribution in [-0.2, 0) is 26.2 Å². The van der Waals surface area contributed by atoms with E-state index in [2.05, 4.69) is 5.32 Å². The van der Waals surface area contributed by atoms with E-state index in [1.54, 1.807) is 55.5 Å². The number of hydrogen-bond donors (Lipinski definition) is 1. The molecule has 7 nitrogen and oxygen atoms in total. The van der Waals surface area contributed by atoms with Crippen LogP contribution >= 0.6 is 23.2 Å². The molecule has 0 unspecified atom stereocenters. The second-order valence-electron chi connectivity index (χ2n) is 9.69. The van der Waals surface area contributed by atoms with E-state index in [0.717, 1.165) is 15.4 Å². The van der Waals surface area contributed by atoms with Crippen LogP contribution in [0.15, 0.2) is 71.6 Å². The molecule has 1 N–H and O–H groups in total. The molecule has 0 aliphatic carbocycles. The molecule has 3 rings (SSSR count). The van der Waals surface area contributed by atoms with Gasteiger partial charge in [0.2, 0.25) is 11.8 Å². The Labute approximate surface area is 240 Å². The summed E-state index contributed by atoms with van der Waals surface area (Å²) in [5.41, 5.74) is 2.78. The third-order valence-electron chi connectivity index (χ3n) is 6.34. The van der Waals surface area contributed by atoms with Crippen molar-refractivity contribution in [2.24, 2.45) is 0 Å². The predicted octanol–water partition coefficient (Wildman–Crippen LogP) is 5.75. The molecule has 0 aliphatic heterocycles. The van der Waals surface area contributed by atoms with Crippen LogP contribution in [0.25, 0.3) is 0 Å². The molecule has 0 radical (unpaired) electrons. The third-order valence-corrected chi connectivity index (χ3v) is 8.72. The zero-order valence-corrected chi connectivity index (χ0v) is 24.9. The summed E-state index contributed by atoms with van der Waals surface area (Å²) in [6, 6.07) is 17.0. The number of nitrogens with one attached hydrogen (secondary N) is 1. The van der Waals surface area contributed by atoms with Crippen LogP contribution in [0, 0.1) is 13.8 Å². The molecule has 10 heteroatoms. The quantitative estimate of drug-likeness (QED) is 0.326. The van der Waals surface area contributed by atoms with Gasteiger partial charge in [0.1, 0.15) is 12.6 Å². The van der Waals surface area contributed by atoms with Crippen LogP contribution in [0.1, 0.15) is 37.5 Å². The summed E-state index contributed by atoms with van der Waals surface area (Å²) in [5.74, 6) is -0.933. The molecule has 0 heterocycles. The highest BCUT2D eigenvalue weighted by Gasteiger charge is 2.33. The number of amides is 2. The maximum absolute atomic E-state index is 13.9. The number of sulfonamides is 1. The van der Waals surface area contributed by atoms with Gasteiger partial charge in [-0.1, -0.05) is 53.5 Å². The molecule has 0 aliphatic rings. The lowest BCUT2D eigenvalue weighted by Crippen LogP contribution is -2.52. The van der Waals surface area contributed by atoms with E-state index >= 15 is 0 Å². The molecule has 1 atom stereocenters. The average molecular weight is 591 g/mol. The maximum atomic E-state index is 13.9. The molecule has 208 valence electrons. The van der Waals surface area contributed by atoms with Crippen LogP contribution in [0.4, 0.5) is 5.69 Å². The molecule has 0 spiro atoms. The van der Waals surface area contributed by atoms with Crippen molar-refractivity contribution in [1.29, 1.82) is 0 Å². The van der Waals surface area contributed by atoms with Crippen LogP contribution in [0.3, 0.4) is 0 Å². The molecule has 39 heavy (non-hydrogen) atoms. The fraction of sp³-hybridized carbons (Fsp3) is 0.310. The summed E-state index contributed by atoms with van der Waals surface area (Å²) in [4.78, 5) is 28.3. The lowest BCUT2D eigenvalue weighted by molar-refractivity contribution is -0.139. The number of anilines is 1. The van der Waals surface area contributed by atoms with E-state index in [1.807, 2.05) is 33.8 Å². The van der Waals surface area contributed by atoms with Gasteiger partial charge in [-0.05, 0) is 87.7 Å². The lowest BCUT2D eigenvalue weighted by Gasteiger charge is -2.32. The second-order valence-corrected chi connectivity index (χ2v) is 12.4. The van der Waals surface area contributed by atoms with Gasteiger partial charge >= 0.3 is 0 Å². The summed E-state index contributed by atoms with van der Waals surface area (Å²) in [6.07, 6.45) is 0. The third kappa shape index (κ3) is 7.53. The zero-order valence-electron chi connectivity index (χ0n) is 22.6. The first-order chi connectivity index (χ1) is 18.3. The van der Waals surface area contributed by atoms with Crippen molar-refractivity contribution in [3.05, 3.63) is 93.5 Å². The summed E-state index contributed by atoms with van der Waals surface area (Å²) < 4.78 is 28.7. The Morgan fingerprint density at radius 2 is 1.56 bits per heavy atom. The van der Waals surface area contributed by atoms with E-state index in [4.69, 9.17) is 23.2 Å². The van der Waals surface area contributed by atoms with Gasteiger partial charge in [0.05, 0.1) is 10.6 Å². The number of carbonyl (C=O) groups is 2. The van der Waals surface area contributed by atoms with Crippen molar-refractivity contribution in [1.82, 2.24) is 10.2 Å². The summed E-state index contributed by atoms with van der Waals surface area (Å²) in [6.45, 7) is 8.50. The van der Waals surface area contributed by atoms with Gasteiger partial charge in [0, 0.05) is 22.6 Å². The Balaban J connectivity index is 2.07. The highest BCUT2D eigenvalue weighted by Crippen LogP contribution is 2.27. The molecule has 3 aromatic carbocycles. The first kappa shape index (κ1) is 30.5. The zero-order chi connectivity index (χ0) is 28.9. The number of carbonyl (C=O) groups excluding carboxylic acids is 2. The minimum atomic E-state index is -4.12. The van der Waals surface area contributed by atoms with Crippen molar-refractivity contribution in [3.8, 4) is 0 Å². The van der Waals surface area contributed by atoms with E-state index in [-0.39, 0.29) is 23.4 Å². The van der Waals surface area contributed by atoms with Crippen molar-refractivity contribution in [3.63, 3.8) is 0 Å². The van der Waals surface area contributed by atoms with E-state index in [9.17, 15) is 18.0 Å². The molecule has 0 bridgehead atoms. The van der Waals surface area contributed by atoms with E-state index in [0.29, 0.717) is 21.3 Å². The molecule has 3 aromatic rings. The summed E-state index contributed by atoms with van der Waals surface area (Å²) in [7, 11) is -4.12. The van der Waals surface area contributed by atoms with Gasteiger partial charge in [-0.25, -0.2) is 8.42 Å². The summed E-state index contributed by atoms with van der Waals surface area (Å²) in [5, 5.41) is 3.59. The van der Waals surface area contributed by atoms with Crippen LogP contribution in [0.2, 0.25) is 10.0 Å². The van der Waals surface area contributed by atoms with E-state index < -0.39 is 28.5 Å². The van der Waals surface area contributed by atoms with E-state index in [1.165, 1.54) is 17.0 Å². The highest BCUT2D eigenvalue weighted by atomic mass is 35.5.